The smallest absolute Gasteiger partial charge is 0.320 e. The molecule has 0 spiro atoms. The van der Waals surface area contributed by atoms with Crippen LogP contribution in [-0.2, 0) is 4.79 Å². The Morgan fingerprint density at radius 1 is 1.36 bits per heavy atom. The van der Waals surface area contributed by atoms with E-state index >= 15 is 0 Å². The SMILES string of the molecule is CC(C1CCCCC1)[C@H](N)C(=O)O.Cl. The topological polar surface area (TPSA) is 63.3 Å². The first-order valence-corrected chi connectivity index (χ1v) is 5.11. The van der Waals surface area contributed by atoms with Gasteiger partial charge in [-0.25, -0.2) is 0 Å². The molecule has 1 aliphatic rings. The molecule has 84 valence electrons. The van der Waals surface area contributed by atoms with Crippen LogP contribution >= 0.6 is 12.4 Å². The van der Waals surface area contributed by atoms with Crippen LogP contribution in [0.4, 0.5) is 0 Å². The maximum absolute atomic E-state index is 10.7. The van der Waals surface area contributed by atoms with Crippen molar-refractivity contribution in [2.24, 2.45) is 17.6 Å². The van der Waals surface area contributed by atoms with Crippen molar-refractivity contribution in [3.8, 4) is 0 Å². The first-order chi connectivity index (χ1) is 6.13. The summed E-state index contributed by atoms with van der Waals surface area (Å²) in [6, 6.07) is -0.678. The predicted molar refractivity (Wildman–Crippen MR) is 58.6 cm³/mol. The molecule has 0 aliphatic heterocycles. The van der Waals surface area contributed by atoms with Gasteiger partial charge in [-0.3, -0.25) is 4.79 Å². The molecule has 0 aromatic rings. The second kappa shape index (κ2) is 6.25. The Labute approximate surface area is 91.5 Å². The van der Waals surface area contributed by atoms with E-state index < -0.39 is 12.0 Å². The quantitative estimate of drug-likeness (QED) is 0.767. The monoisotopic (exact) mass is 221 g/mol. The minimum Gasteiger partial charge on any atom is -0.480 e. The Hall–Kier alpha value is -0.280. The van der Waals surface area contributed by atoms with Gasteiger partial charge < -0.3 is 10.8 Å². The van der Waals surface area contributed by atoms with Crippen molar-refractivity contribution >= 4 is 18.4 Å². The third-order valence-corrected chi connectivity index (χ3v) is 3.25. The van der Waals surface area contributed by atoms with E-state index in [4.69, 9.17) is 10.8 Å². The summed E-state index contributed by atoms with van der Waals surface area (Å²) < 4.78 is 0. The average Bonchev–Trinajstić information content (AvgIpc) is 2.17. The molecule has 1 fully saturated rings. The van der Waals surface area contributed by atoms with Crippen LogP contribution < -0.4 is 5.73 Å². The van der Waals surface area contributed by atoms with Gasteiger partial charge in [0, 0.05) is 0 Å². The van der Waals surface area contributed by atoms with Crippen LogP contribution in [0, 0.1) is 11.8 Å². The minimum atomic E-state index is -0.863. The summed E-state index contributed by atoms with van der Waals surface area (Å²) in [6.07, 6.45) is 6.08. The molecule has 0 amide bonds. The van der Waals surface area contributed by atoms with E-state index in [0.29, 0.717) is 5.92 Å². The molecule has 3 N–H and O–H groups in total. The van der Waals surface area contributed by atoms with Crippen molar-refractivity contribution in [3.63, 3.8) is 0 Å². The molecule has 1 aliphatic carbocycles. The Balaban J connectivity index is 0.00000169. The molecule has 1 saturated carbocycles. The standard InChI is InChI=1S/C10H19NO2.ClH/c1-7(9(11)10(12)13)8-5-3-2-4-6-8;/h7-9H,2-6,11H2,1H3,(H,12,13);1H/t7?,9-;/m0./s1. The fourth-order valence-electron chi connectivity index (χ4n) is 2.18. The fourth-order valence-corrected chi connectivity index (χ4v) is 2.18. The molecular weight excluding hydrogens is 202 g/mol. The largest absolute Gasteiger partial charge is 0.480 e. The number of carboxylic acids is 1. The van der Waals surface area contributed by atoms with Crippen molar-refractivity contribution in [1.82, 2.24) is 0 Å². The zero-order chi connectivity index (χ0) is 9.84. The summed E-state index contributed by atoms with van der Waals surface area (Å²) in [5.41, 5.74) is 5.59. The Kier molecular flexibility index (Phi) is 6.12. The fraction of sp³-hybridized carbons (Fsp3) is 0.900. The van der Waals surface area contributed by atoms with Crippen molar-refractivity contribution in [3.05, 3.63) is 0 Å². The Morgan fingerprint density at radius 2 is 1.86 bits per heavy atom. The summed E-state index contributed by atoms with van der Waals surface area (Å²) in [4.78, 5) is 10.7. The van der Waals surface area contributed by atoms with Gasteiger partial charge in [-0.15, -0.1) is 12.4 Å². The van der Waals surface area contributed by atoms with Gasteiger partial charge in [-0.1, -0.05) is 39.0 Å². The Bertz CT molecular complexity index is 181. The minimum absolute atomic E-state index is 0. The van der Waals surface area contributed by atoms with Gasteiger partial charge in [-0.2, -0.15) is 0 Å². The van der Waals surface area contributed by atoms with Gasteiger partial charge in [0.15, 0.2) is 0 Å². The van der Waals surface area contributed by atoms with Crippen molar-refractivity contribution in [2.75, 3.05) is 0 Å². The normalized spacial score (nSPS) is 22.1. The van der Waals surface area contributed by atoms with E-state index in [1.165, 1.54) is 19.3 Å². The van der Waals surface area contributed by atoms with Gasteiger partial charge in [0.1, 0.15) is 6.04 Å². The number of halogens is 1. The Morgan fingerprint density at radius 3 is 2.29 bits per heavy atom. The summed E-state index contributed by atoms with van der Waals surface area (Å²) in [7, 11) is 0. The molecule has 0 radical (unpaired) electrons. The molecule has 2 atom stereocenters. The predicted octanol–water partition coefficient (Wildman–Crippen LogP) is 2.04. The third-order valence-electron chi connectivity index (χ3n) is 3.25. The highest BCUT2D eigenvalue weighted by molar-refractivity contribution is 5.85. The molecule has 0 heterocycles. The summed E-state index contributed by atoms with van der Waals surface area (Å²) in [5, 5.41) is 8.76. The molecule has 14 heavy (non-hydrogen) atoms. The van der Waals surface area contributed by atoms with Crippen molar-refractivity contribution < 1.29 is 9.90 Å². The summed E-state index contributed by atoms with van der Waals surface area (Å²) in [5.74, 6) is -0.212. The molecule has 3 nitrogen and oxygen atoms in total. The number of aliphatic carboxylic acids is 1. The first kappa shape index (κ1) is 13.7. The van der Waals surface area contributed by atoms with Crippen LogP contribution in [-0.4, -0.2) is 17.1 Å². The van der Waals surface area contributed by atoms with Crippen LogP contribution in [0.1, 0.15) is 39.0 Å². The van der Waals surface area contributed by atoms with E-state index in [9.17, 15) is 4.79 Å². The van der Waals surface area contributed by atoms with E-state index in [-0.39, 0.29) is 18.3 Å². The maximum Gasteiger partial charge on any atom is 0.320 e. The first-order valence-electron chi connectivity index (χ1n) is 5.11. The highest BCUT2D eigenvalue weighted by atomic mass is 35.5. The van der Waals surface area contributed by atoms with Crippen molar-refractivity contribution in [2.45, 2.75) is 45.1 Å². The van der Waals surface area contributed by atoms with Crippen LogP contribution in [0.2, 0.25) is 0 Å². The lowest BCUT2D eigenvalue weighted by Gasteiger charge is -2.29. The molecule has 0 aromatic carbocycles. The third kappa shape index (κ3) is 3.46. The summed E-state index contributed by atoms with van der Waals surface area (Å²) >= 11 is 0. The number of nitrogens with two attached hydrogens (primary N) is 1. The average molecular weight is 222 g/mol. The number of hydrogen-bond donors (Lipinski definition) is 2. The van der Waals surface area contributed by atoms with E-state index in [0.717, 1.165) is 12.8 Å². The summed E-state index contributed by atoms with van der Waals surface area (Å²) in [6.45, 7) is 1.97. The lowest BCUT2D eigenvalue weighted by atomic mass is 9.78. The lowest BCUT2D eigenvalue weighted by molar-refractivity contribution is -0.140. The van der Waals surface area contributed by atoms with E-state index in [1.807, 2.05) is 6.92 Å². The zero-order valence-corrected chi connectivity index (χ0v) is 9.43. The van der Waals surface area contributed by atoms with E-state index in [2.05, 4.69) is 0 Å². The number of carboxylic acid groups (broad SMARTS) is 1. The molecule has 4 heteroatoms. The zero-order valence-electron chi connectivity index (χ0n) is 8.61. The number of rotatable bonds is 3. The molecule has 1 unspecified atom stereocenters. The molecule has 0 saturated heterocycles. The van der Waals surface area contributed by atoms with Crippen LogP contribution in [0.5, 0.6) is 0 Å². The number of carbonyl (C=O) groups is 1. The second-order valence-corrected chi connectivity index (χ2v) is 4.12. The van der Waals surface area contributed by atoms with Crippen LogP contribution in [0.15, 0.2) is 0 Å². The van der Waals surface area contributed by atoms with Gasteiger partial charge >= 0.3 is 5.97 Å². The lowest BCUT2D eigenvalue weighted by Crippen LogP contribution is -2.40. The molecule has 0 bridgehead atoms. The molecule has 1 rings (SSSR count). The van der Waals surface area contributed by atoms with Crippen LogP contribution in [0.3, 0.4) is 0 Å². The molecular formula is C10H20ClNO2. The van der Waals surface area contributed by atoms with Gasteiger partial charge in [0.25, 0.3) is 0 Å². The maximum atomic E-state index is 10.7. The van der Waals surface area contributed by atoms with Gasteiger partial charge in [0.2, 0.25) is 0 Å². The van der Waals surface area contributed by atoms with Gasteiger partial charge in [-0.05, 0) is 11.8 Å². The molecule has 0 aromatic heterocycles. The second-order valence-electron chi connectivity index (χ2n) is 4.12. The van der Waals surface area contributed by atoms with Crippen molar-refractivity contribution in [1.29, 1.82) is 0 Å². The highest BCUT2D eigenvalue weighted by Crippen LogP contribution is 2.30. The van der Waals surface area contributed by atoms with E-state index in [1.54, 1.807) is 0 Å². The van der Waals surface area contributed by atoms with Crippen LogP contribution in [0.25, 0.3) is 0 Å². The van der Waals surface area contributed by atoms with Gasteiger partial charge in [0.05, 0.1) is 0 Å². The number of hydrogen-bond acceptors (Lipinski definition) is 2. The highest BCUT2D eigenvalue weighted by Gasteiger charge is 2.28.